The van der Waals surface area contributed by atoms with E-state index < -0.39 is 0 Å². The summed E-state index contributed by atoms with van der Waals surface area (Å²) in [6.45, 7) is 9.13. The molecule has 1 fully saturated rings. The molecule has 2 aromatic carbocycles. The summed E-state index contributed by atoms with van der Waals surface area (Å²) in [7, 11) is 0. The maximum Gasteiger partial charge on any atom is 0.255 e. The first-order valence-electron chi connectivity index (χ1n) is 12.3. The first-order chi connectivity index (χ1) is 15.6. The molecule has 1 saturated heterocycles. The van der Waals surface area contributed by atoms with E-state index in [-0.39, 0.29) is 5.91 Å². The third-order valence-electron chi connectivity index (χ3n) is 7.00. The summed E-state index contributed by atoms with van der Waals surface area (Å²) >= 11 is 0. The SMILES string of the molecule is CCCc1cccc(C(=O)Nc2ccc3[nH]cc(C4CCN(C(C)CCC)CC4)c3c2)c1. The molecule has 0 aliphatic carbocycles. The molecular formula is C28H37N3O. The summed E-state index contributed by atoms with van der Waals surface area (Å²) in [5, 5.41) is 4.35. The molecule has 1 amide bonds. The average molecular weight is 432 g/mol. The zero-order valence-corrected chi connectivity index (χ0v) is 19.8. The lowest BCUT2D eigenvalue weighted by atomic mass is 9.88. The van der Waals surface area contributed by atoms with Crippen LogP contribution in [0.1, 0.15) is 80.3 Å². The van der Waals surface area contributed by atoms with Crippen LogP contribution in [0.25, 0.3) is 10.9 Å². The molecule has 32 heavy (non-hydrogen) atoms. The largest absolute Gasteiger partial charge is 0.361 e. The van der Waals surface area contributed by atoms with Gasteiger partial charge in [-0.05, 0) is 93.1 Å². The third-order valence-corrected chi connectivity index (χ3v) is 7.00. The maximum absolute atomic E-state index is 12.9. The second-order valence-corrected chi connectivity index (χ2v) is 9.36. The highest BCUT2D eigenvalue weighted by atomic mass is 16.1. The van der Waals surface area contributed by atoms with E-state index in [9.17, 15) is 4.79 Å². The molecule has 2 N–H and O–H groups in total. The van der Waals surface area contributed by atoms with Gasteiger partial charge in [-0.2, -0.15) is 0 Å². The molecule has 1 unspecified atom stereocenters. The molecule has 4 heteroatoms. The molecule has 0 saturated carbocycles. The summed E-state index contributed by atoms with van der Waals surface area (Å²) in [4.78, 5) is 19.0. The number of fused-ring (bicyclic) bond motifs is 1. The van der Waals surface area contributed by atoms with Crippen LogP contribution in [0.2, 0.25) is 0 Å². The van der Waals surface area contributed by atoms with Gasteiger partial charge in [-0.1, -0.05) is 38.8 Å². The number of carbonyl (C=O) groups excluding carboxylic acids is 1. The Morgan fingerprint density at radius 3 is 2.69 bits per heavy atom. The van der Waals surface area contributed by atoms with Crippen molar-refractivity contribution in [1.29, 1.82) is 0 Å². The molecule has 0 bridgehead atoms. The van der Waals surface area contributed by atoms with Crippen molar-refractivity contribution in [3.63, 3.8) is 0 Å². The number of hydrogen-bond donors (Lipinski definition) is 2. The Bertz CT molecular complexity index is 1050. The van der Waals surface area contributed by atoms with Crippen LogP contribution >= 0.6 is 0 Å². The molecule has 1 atom stereocenters. The highest BCUT2D eigenvalue weighted by Gasteiger charge is 2.25. The summed E-state index contributed by atoms with van der Waals surface area (Å²) in [6.07, 6.45) is 9.18. The Hall–Kier alpha value is -2.59. The number of nitrogens with zero attached hydrogens (tertiary/aromatic N) is 1. The van der Waals surface area contributed by atoms with Crippen molar-refractivity contribution in [3.8, 4) is 0 Å². The monoisotopic (exact) mass is 431 g/mol. The van der Waals surface area contributed by atoms with Crippen molar-refractivity contribution in [2.75, 3.05) is 18.4 Å². The number of rotatable bonds is 8. The predicted octanol–water partition coefficient (Wildman–Crippen LogP) is 6.74. The highest BCUT2D eigenvalue weighted by Crippen LogP contribution is 2.35. The van der Waals surface area contributed by atoms with Crippen molar-refractivity contribution in [1.82, 2.24) is 9.88 Å². The number of amides is 1. The minimum atomic E-state index is -0.0439. The third kappa shape index (κ3) is 5.07. The van der Waals surface area contributed by atoms with Crippen LogP contribution in [0.4, 0.5) is 5.69 Å². The van der Waals surface area contributed by atoms with Crippen LogP contribution in [0, 0.1) is 0 Å². The maximum atomic E-state index is 12.9. The van der Waals surface area contributed by atoms with E-state index >= 15 is 0 Å². The number of H-pyrrole nitrogens is 1. The van der Waals surface area contributed by atoms with E-state index in [1.165, 1.54) is 55.3 Å². The van der Waals surface area contributed by atoms with Crippen LogP contribution in [-0.2, 0) is 6.42 Å². The van der Waals surface area contributed by atoms with Gasteiger partial charge in [0.2, 0.25) is 0 Å². The first-order valence-corrected chi connectivity index (χ1v) is 12.3. The Balaban J connectivity index is 1.47. The number of carbonyl (C=O) groups is 1. The number of piperidine rings is 1. The highest BCUT2D eigenvalue weighted by molar-refractivity contribution is 6.05. The van der Waals surface area contributed by atoms with E-state index in [4.69, 9.17) is 0 Å². The van der Waals surface area contributed by atoms with Crippen LogP contribution in [0.15, 0.2) is 48.7 Å². The van der Waals surface area contributed by atoms with E-state index in [0.29, 0.717) is 12.0 Å². The number of likely N-dealkylation sites (tertiary alicyclic amines) is 1. The van der Waals surface area contributed by atoms with Gasteiger partial charge in [-0.15, -0.1) is 0 Å². The lowest BCUT2D eigenvalue weighted by molar-refractivity contribution is 0.102. The van der Waals surface area contributed by atoms with Gasteiger partial charge < -0.3 is 15.2 Å². The fourth-order valence-electron chi connectivity index (χ4n) is 5.17. The molecule has 3 aromatic rings. The van der Waals surface area contributed by atoms with Crippen molar-refractivity contribution >= 4 is 22.5 Å². The van der Waals surface area contributed by atoms with Gasteiger partial charge >= 0.3 is 0 Å². The van der Waals surface area contributed by atoms with Crippen molar-refractivity contribution in [2.24, 2.45) is 0 Å². The minimum Gasteiger partial charge on any atom is -0.361 e. The second kappa shape index (κ2) is 10.4. The Morgan fingerprint density at radius 1 is 1.12 bits per heavy atom. The van der Waals surface area contributed by atoms with Gasteiger partial charge in [0.1, 0.15) is 0 Å². The average Bonchev–Trinajstić information content (AvgIpc) is 3.23. The number of benzene rings is 2. The van der Waals surface area contributed by atoms with Crippen LogP contribution in [0.5, 0.6) is 0 Å². The molecule has 2 heterocycles. The molecule has 0 spiro atoms. The number of hydrogen-bond acceptors (Lipinski definition) is 2. The van der Waals surface area contributed by atoms with Crippen molar-refractivity contribution in [3.05, 3.63) is 65.4 Å². The standard InChI is InChI=1S/C28H37N3O/c1-4-7-20(3)31-15-13-22(14-16-31)26-19-29-27-12-11-24(18-25(26)27)30-28(32)23-10-6-9-21(17-23)8-5-2/h6,9-12,17-20,22,29H,4-5,7-8,13-16H2,1-3H3,(H,30,32). The molecular weight excluding hydrogens is 394 g/mol. The zero-order valence-electron chi connectivity index (χ0n) is 19.8. The topological polar surface area (TPSA) is 48.1 Å². The summed E-state index contributed by atoms with van der Waals surface area (Å²) in [5.41, 5.74) is 5.33. The molecule has 1 aromatic heterocycles. The Morgan fingerprint density at radius 2 is 1.94 bits per heavy atom. The predicted molar refractivity (Wildman–Crippen MR) is 135 cm³/mol. The molecule has 1 aliphatic rings. The van der Waals surface area contributed by atoms with Gasteiger partial charge in [0.05, 0.1) is 0 Å². The van der Waals surface area contributed by atoms with Crippen LogP contribution < -0.4 is 5.32 Å². The van der Waals surface area contributed by atoms with E-state index in [1.54, 1.807) is 0 Å². The van der Waals surface area contributed by atoms with Crippen molar-refractivity contribution < 1.29 is 4.79 Å². The molecule has 170 valence electrons. The molecule has 4 nitrogen and oxygen atoms in total. The smallest absolute Gasteiger partial charge is 0.255 e. The van der Waals surface area contributed by atoms with Crippen LogP contribution in [-0.4, -0.2) is 34.9 Å². The summed E-state index contributed by atoms with van der Waals surface area (Å²) in [6, 6.07) is 14.9. The van der Waals surface area contributed by atoms with Gasteiger partial charge in [0, 0.05) is 34.4 Å². The lowest BCUT2D eigenvalue weighted by Gasteiger charge is -2.36. The van der Waals surface area contributed by atoms with Crippen molar-refractivity contribution in [2.45, 2.75) is 71.3 Å². The number of nitrogens with one attached hydrogen (secondary N) is 2. The quantitative estimate of drug-likeness (QED) is 0.415. The van der Waals surface area contributed by atoms with E-state index in [2.05, 4.69) is 60.4 Å². The fourth-order valence-corrected chi connectivity index (χ4v) is 5.17. The van der Waals surface area contributed by atoms with E-state index in [0.717, 1.165) is 29.6 Å². The minimum absolute atomic E-state index is 0.0439. The second-order valence-electron chi connectivity index (χ2n) is 9.36. The van der Waals surface area contributed by atoms with Gasteiger partial charge in [-0.25, -0.2) is 0 Å². The van der Waals surface area contributed by atoms with E-state index in [1.807, 2.05) is 24.3 Å². The van der Waals surface area contributed by atoms with Gasteiger partial charge in [-0.3, -0.25) is 4.79 Å². The van der Waals surface area contributed by atoms with Crippen LogP contribution in [0.3, 0.4) is 0 Å². The molecule has 1 aliphatic heterocycles. The zero-order chi connectivity index (χ0) is 22.5. The number of aromatic nitrogens is 1. The summed E-state index contributed by atoms with van der Waals surface area (Å²) in [5.74, 6) is 0.531. The Labute approximate surface area is 192 Å². The summed E-state index contributed by atoms with van der Waals surface area (Å²) < 4.78 is 0. The Kier molecular flexibility index (Phi) is 7.31. The van der Waals surface area contributed by atoms with Gasteiger partial charge in [0.15, 0.2) is 0 Å². The number of aromatic amines is 1. The number of anilines is 1. The molecule has 0 radical (unpaired) electrons. The first kappa shape index (κ1) is 22.6. The van der Waals surface area contributed by atoms with Gasteiger partial charge in [0.25, 0.3) is 5.91 Å². The number of aryl methyl sites for hydroxylation is 1. The fraction of sp³-hybridized carbons (Fsp3) is 0.464. The molecule has 4 rings (SSSR count). The normalized spacial score (nSPS) is 16.3. The lowest BCUT2D eigenvalue weighted by Crippen LogP contribution is -2.39.